The zero-order chi connectivity index (χ0) is 30.8. The summed E-state index contributed by atoms with van der Waals surface area (Å²) in [5.41, 5.74) is 7.52. The lowest BCUT2D eigenvalue weighted by molar-refractivity contribution is -0.659. The lowest BCUT2D eigenvalue weighted by Crippen LogP contribution is -2.45. The van der Waals surface area contributed by atoms with Crippen molar-refractivity contribution in [2.75, 3.05) is 13.1 Å². The highest BCUT2D eigenvalue weighted by Gasteiger charge is 2.36. The number of carbonyl (C=O) groups excluding carboxylic acids is 2. The number of H-pyrrole nitrogens is 1. The van der Waals surface area contributed by atoms with E-state index >= 15 is 0 Å². The van der Waals surface area contributed by atoms with Crippen molar-refractivity contribution in [3.05, 3.63) is 125 Å². The van der Waals surface area contributed by atoms with E-state index in [1.807, 2.05) is 35.4 Å². The highest BCUT2D eigenvalue weighted by atomic mass is 35.5. The number of aromatic nitrogens is 5. The van der Waals surface area contributed by atoms with Gasteiger partial charge in [0.2, 0.25) is 5.91 Å². The summed E-state index contributed by atoms with van der Waals surface area (Å²) < 4.78 is 1.75. The number of carbonyl (C=O) groups is 2. The fourth-order valence-electron chi connectivity index (χ4n) is 6.64. The molecule has 0 radical (unpaired) electrons. The number of aromatic amines is 1. The van der Waals surface area contributed by atoms with Gasteiger partial charge in [0.25, 0.3) is 6.33 Å². The normalized spacial score (nSPS) is 16.0. The first-order chi connectivity index (χ1) is 22.0. The Morgan fingerprint density at radius 3 is 2.48 bits per heavy atom. The first kappa shape index (κ1) is 31.3. The Kier molecular flexibility index (Phi) is 9.33. The summed E-state index contributed by atoms with van der Waals surface area (Å²) in [5, 5.41) is 11.3. The van der Waals surface area contributed by atoms with Crippen LogP contribution in [-0.2, 0) is 16.0 Å². The number of benzene rings is 3. The average Bonchev–Trinajstić information content (AvgIpc) is 3.61. The Bertz CT molecular complexity index is 1800. The van der Waals surface area contributed by atoms with Crippen LogP contribution in [0, 0.1) is 5.92 Å². The molecule has 1 atom stereocenters. The first-order valence-corrected chi connectivity index (χ1v) is 15.9. The van der Waals surface area contributed by atoms with Gasteiger partial charge in [0.15, 0.2) is 5.21 Å². The van der Waals surface area contributed by atoms with Crippen LogP contribution in [0.2, 0.25) is 5.02 Å². The number of amides is 1. The average molecular weight is 635 g/mol. The minimum Gasteiger partial charge on any atom is -0.870 e. The van der Waals surface area contributed by atoms with Crippen LogP contribution in [0.5, 0.6) is 0 Å². The molecule has 0 spiro atoms. The van der Waals surface area contributed by atoms with Crippen LogP contribution in [0.3, 0.4) is 0 Å². The van der Waals surface area contributed by atoms with Crippen LogP contribution >= 0.6 is 11.6 Å². The van der Waals surface area contributed by atoms with Crippen molar-refractivity contribution in [2.24, 2.45) is 5.92 Å². The monoisotopic (exact) mass is 634 g/mol. The fraction of sp³-hybridized carbons (Fsp3) is 0.278. The molecule has 0 bridgehead atoms. The van der Waals surface area contributed by atoms with Gasteiger partial charge in [-0.1, -0.05) is 77.5 Å². The molecule has 1 saturated heterocycles. The predicted octanol–water partition coefficient (Wildman–Crippen LogP) is 5.68. The van der Waals surface area contributed by atoms with Crippen molar-refractivity contribution in [1.29, 1.82) is 0 Å². The van der Waals surface area contributed by atoms with Crippen molar-refractivity contribution < 1.29 is 19.7 Å². The highest BCUT2D eigenvalue weighted by molar-refractivity contribution is 6.31. The molecule has 5 aromatic rings. The van der Waals surface area contributed by atoms with Gasteiger partial charge in [0, 0.05) is 59.9 Å². The van der Waals surface area contributed by atoms with Crippen LogP contribution in [0.15, 0.2) is 97.5 Å². The Morgan fingerprint density at radius 2 is 1.78 bits per heavy atom. The number of nitrogens with one attached hydrogen (secondary N) is 1. The number of rotatable bonds is 8. The molecule has 10 heteroatoms. The second kappa shape index (κ2) is 13.7. The van der Waals surface area contributed by atoms with E-state index in [-0.39, 0.29) is 29.0 Å². The third kappa shape index (κ3) is 6.61. The van der Waals surface area contributed by atoms with E-state index in [4.69, 9.17) is 16.6 Å². The minimum atomic E-state index is -0.0956. The van der Waals surface area contributed by atoms with Crippen LogP contribution in [0.1, 0.15) is 59.9 Å². The lowest BCUT2D eigenvalue weighted by atomic mass is 9.81. The molecule has 0 unspecified atom stereocenters. The number of hydrogen-bond acceptors (Lipinski definition) is 6. The fourth-order valence-corrected chi connectivity index (χ4v) is 6.81. The summed E-state index contributed by atoms with van der Waals surface area (Å²) in [6.07, 6.45) is 7.05. The number of nitrogens with zero attached hydrogens (tertiary/aromatic N) is 5. The molecule has 3 aromatic carbocycles. The number of hydrogen-bond donors (Lipinski definition) is 1. The summed E-state index contributed by atoms with van der Waals surface area (Å²) in [6, 6.07) is 29.4. The zero-order valence-corrected chi connectivity index (χ0v) is 26.1. The van der Waals surface area contributed by atoms with E-state index in [1.54, 1.807) is 11.0 Å². The largest absolute Gasteiger partial charge is 0.870 e. The van der Waals surface area contributed by atoms with E-state index in [9.17, 15) is 9.59 Å². The molecule has 1 amide bonds. The molecule has 3 heterocycles. The zero-order valence-electron chi connectivity index (χ0n) is 25.3. The van der Waals surface area contributed by atoms with Gasteiger partial charge in [-0.3, -0.25) is 14.6 Å². The summed E-state index contributed by atoms with van der Waals surface area (Å²) in [5.74, 6) is 0.713. The number of Topliss-reactive ketones (excluding diaryl/α,β-unsaturated/α-hetero) is 1. The maximum Gasteiger partial charge on any atom is 0.293 e. The van der Waals surface area contributed by atoms with Gasteiger partial charge in [-0.25, -0.2) is 0 Å². The van der Waals surface area contributed by atoms with E-state index < -0.39 is 0 Å². The van der Waals surface area contributed by atoms with E-state index in [0.717, 1.165) is 54.9 Å². The Hall–Kier alpha value is -4.73. The number of ketones is 1. The van der Waals surface area contributed by atoms with Gasteiger partial charge in [-0.05, 0) is 66.1 Å². The topological polar surface area (TPSA) is 126 Å². The first-order valence-electron chi connectivity index (χ1n) is 15.5. The SMILES string of the molecule is O=C1CC(C(=O)N2CCC(c3cccc([C@H](Cc4ccccc4)c4ccc(-c5cc(Cl)ccc5-[n+]5cnn[nH]5)cn4)c3)CC2)C1.[OH-]. The molecule has 234 valence electrons. The Labute approximate surface area is 272 Å². The third-order valence-corrected chi connectivity index (χ3v) is 9.46. The number of halogens is 1. The highest BCUT2D eigenvalue weighted by Crippen LogP contribution is 2.35. The molecule has 1 aliphatic carbocycles. The number of pyridine rings is 1. The van der Waals surface area contributed by atoms with Gasteiger partial charge in [-0.2, -0.15) is 0 Å². The van der Waals surface area contributed by atoms with Gasteiger partial charge in [0.1, 0.15) is 16.6 Å². The predicted molar refractivity (Wildman–Crippen MR) is 173 cm³/mol. The summed E-state index contributed by atoms with van der Waals surface area (Å²) >= 11 is 6.41. The third-order valence-electron chi connectivity index (χ3n) is 9.22. The Morgan fingerprint density at radius 1 is 0.978 bits per heavy atom. The summed E-state index contributed by atoms with van der Waals surface area (Å²) in [6.45, 7) is 1.49. The van der Waals surface area contributed by atoms with Crippen molar-refractivity contribution in [2.45, 2.75) is 43.9 Å². The number of piperidine rings is 1. The molecule has 2 aromatic heterocycles. The molecule has 9 nitrogen and oxygen atoms in total. The van der Waals surface area contributed by atoms with Crippen LogP contribution < -0.4 is 4.68 Å². The summed E-state index contributed by atoms with van der Waals surface area (Å²) in [7, 11) is 0. The summed E-state index contributed by atoms with van der Waals surface area (Å²) in [4.78, 5) is 31.2. The van der Waals surface area contributed by atoms with E-state index in [0.29, 0.717) is 23.8 Å². The van der Waals surface area contributed by atoms with Crippen molar-refractivity contribution >= 4 is 23.3 Å². The van der Waals surface area contributed by atoms with Crippen LogP contribution in [0.4, 0.5) is 0 Å². The smallest absolute Gasteiger partial charge is 0.293 e. The molecule has 2 fully saturated rings. The van der Waals surface area contributed by atoms with Crippen molar-refractivity contribution in [3.8, 4) is 16.8 Å². The molecule has 1 aliphatic heterocycles. The number of likely N-dealkylation sites (tertiary alicyclic amines) is 1. The van der Waals surface area contributed by atoms with Crippen LogP contribution in [0.25, 0.3) is 16.8 Å². The van der Waals surface area contributed by atoms with Gasteiger partial charge >= 0.3 is 0 Å². The lowest BCUT2D eigenvalue weighted by Gasteiger charge is -2.36. The standard InChI is InChI=1S/C36H33ClN6O2.H2O/c37-30-10-12-35(43-23-39-40-41-43)33(21-30)28-9-11-34(38-22-28)32(17-24-5-2-1-3-6-24)27-8-4-7-26(18-27)25-13-15-42(16-14-25)36(45)29-19-31(44)20-29;/h1-12,18,21-23,25,29,32H,13-17,19-20H2;1H2/t32-;/m0./s1. The second-order valence-corrected chi connectivity index (χ2v) is 12.5. The van der Waals surface area contributed by atoms with Crippen LogP contribution in [-0.4, -0.2) is 55.7 Å². The molecule has 2 N–H and O–H groups in total. The maximum absolute atomic E-state index is 12.8. The minimum absolute atomic E-state index is 0. The second-order valence-electron chi connectivity index (χ2n) is 12.1. The molecule has 1 saturated carbocycles. The van der Waals surface area contributed by atoms with Gasteiger partial charge < -0.3 is 10.4 Å². The van der Waals surface area contributed by atoms with E-state index in [2.05, 4.69) is 76.2 Å². The molecule has 46 heavy (non-hydrogen) atoms. The van der Waals surface area contributed by atoms with Crippen molar-refractivity contribution in [1.82, 2.24) is 25.4 Å². The molecular formula is C36H35ClN6O3. The quantitative estimate of drug-likeness (QED) is 0.219. The van der Waals surface area contributed by atoms with Crippen molar-refractivity contribution in [3.63, 3.8) is 0 Å². The Balaban J connectivity index is 0.00000372. The van der Waals surface area contributed by atoms with Gasteiger partial charge in [-0.15, -0.1) is 4.68 Å². The van der Waals surface area contributed by atoms with E-state index in [1.165, 1.54) is 16.7 Å². The maximum atomic E-state index is 12.8. The molecule has 2 aliphatic rings. The number of tetrazole rings is 1. The molecule has 7 rings (SSSR count). The van der Waals surface area contributed by atoms with Gasteiger partial charge in [0.05, 0.1) is 5.92 Å². The molecular weight excluding hydrogens is 600 g/mol.